The van der Waals surface area contributed by atoms with Crippen LogP contribution in [0, 0.1) is 0 Å². The maximum Gasteiger partial charge on any atom is 0.271 e. The van der Waals surface area contributed by atoms with E-state index in [4.69, 9.17) is 9.47 Å². The second kappa shape index (κ2) is 10.7. The highest BCUT2D eigenvalue weighted by molar-refractivity contribution is 6.04. The van der Waals surface area contributed by atoms with Crippen molar-refractivity contribution in [3.63, 3.8) is 0 Å². The summed E-state index contributed by atoms with van der Waals surface area (Å²) < 4.78 is 10.5. The molecule has 7 heteroatoms. The average Bonchev–Trinajstić information content (AvgIpc) is 2.84. The van der Waals surface area contributed by atoms with E-state index in [2.05, 4.69) is 36.6 Å². The summed E-state index contributed by atoms with van der Waals surface area (Å²) in [5.74, 6) is 0.646. The highest BCUT2D eigenvalue weighted by Gasteiger charge is 2.14. The van der Waals surface area contributed by atoms with Crippen LogP contribution in [-0.4, -0.2) is 32.2 Å². The number of methoxy groups -OCH3 is 2. The first-order chi connectivity index (χ1) is 16.2. The van der Waals surface area contributed by atoms with Gasteiger partial charge in [-0.25, -0.2) is 5.43 Å². The number of anilines is 1. The molecule has 0 aromatic heterocycles. The molecule has 0 atom stereocenters. The van der Waals surface area contributed by atoms with Gasteiger partial charge < -0.3 is 14.8 Å². The fraction of sp³-hybridized carbons (Fsp3) is 0.222. The quantitative estimate of drug-likeness (QED) is 0.384. The SMILES string of the molecule is COc1ccc(/C=N/NC(=O)c2ccc(NC(=O)c3ccc(C(C)(C)C)cc3)cc2)c(OC)c1. The van der Waals surface area contributed by atoms with Crippen molar-refractivity contribution in [2.24, 2.45) is 5.10 Å². The lowest BCUT2D eigenvalue weighted by Gasteiger charge is -2.19. The van der Waals surface area contributed by atoms with Gasteiger partial charge in [0.1, 0.15) is 11.5 Å². The third-order valence-electron chi connectivity index (χ3n) is 5.23. The van der Waals surface area contributed by atoms with Crippen LogP contribution < -0.4 is 20.2 Å². The first-order valence-electron chi connectivity index (χ1n) is 10.8. The molecule has 0 aliphatic carbocycles. The van der Waals surface area contributed by atoms with Crippen molar-refractivity contribution in [2.75, 3.05) is 19.5 Å². The Labute approximate surface area is 199 Å². The molecule has 0 bridgehead atoms. The number of hydrogen-bond donors (Lipinski definition) is 2. The second-order valence-electron chi connectivity index (χ2n) is 8.67. The van der Waals surface area contributed by atoms with Gasteiger partial charge in [0.15, 0.2) is 0 Å². The number of carbonyl (C=O) groups excluding carboxylic acids is 2. The van der Waals surface area contributed by atoms with Crippen LogP contribution in [0.25, 0.3) is 0 Å². The van der Waals surface area contributed by atoms with Gasteiger partial charge in [0.05, 0.1) is 20.4 Å². The highest BCUT2D eigenvalue weighted by Crippen LogP contribution is 2.24. The standard InChI is InChI=1S/C27H29N3O4/c1-27(2,3)21-11-6-18(7-12-21)25(31)29-22-13-8-19(9-14-22)26(32)30-28-17-20-10-15-23(33-4)16-24(20)34-5/h6-17H,1-5H3,(H,29,31)(H,30,32)/b28-17+. The minimum absolute atomic E-state index is 0.0240. The zero-order valence-corrected chi connectivity index (χ0v) is 20.0. The van der Waals surface area contributed by atoms with Crippen molar-refractivity contribution in [3.8, 4) is 11.5 Å². The molecule has 176 valence electrons. The Hall–Kier alpha value is -4.13. The Morgan fingerprint density at radius 3 is 2.03 bits per heavy atom. The van der Waals surface area contributed by atoms with E-state index in [1.54, 1.807) is 56.7 Å². The van der Waals surface area contributed by atoms with Gasteiger partial charge in [-0.1, -0.05) is 32.9 Å². The molecule has 2 amide bonds. The molecule has 0 spiro atoms. The molecule has 2 N–H and O–H groups in total. The molecule has 0 radical (unpaired) electrons. The van der Waals surface area contributed by atoms with Crippen molar-refractivity contribution in [2.45, 2.75) is 26.2 Å². The maximum absolute atomic E-state index is 12.5. The van der Waals surface area contributed by atoms with E-state index in [1.165, 1.54) is 6.21 Å². The van der Waals surface area contributed by atoms with Crippen LogP contribution in [0.2, 0.25) is 0 Å². The highest BCUT2D eigenvalue weighted by atomic mass is 16.5. The number of nitrogens with one attached hydrogen (secondary N) is 2. The Bertz CT molecular complexity index is 1180. The molecule has 7 nitrogen and oxygen atoms in total. The number of rotatable bonds is 7. The molecular weight excluding hydrogens is 430 g/mol. The topological polar surface area (TPSA) is 89.0 Å². The summed E-state index contributed by atoms with van der Waals surface area (Å²) in [6, 6.07) is 19.4. The van der Waals surface area contributed by atoms with Gasteiger partial charge in [-0.05, 0) is 59.5 Å². The molecule has 34 heavy (non-hydrogen) atoms. The molecule has 0 fully saturated rings. The van der Waals surface area contributed by atoms with Crippen molar-refractivity contribution in [1.29, 1.82) is 0 Å². The fourth-order valence-corrected chi connectivity index (χ4v) is 3.18. The fourth-order valence-electron chi connectivity index (χ4n) is 3.18. The van der Waals surface area contributed by atoms with Crippen LogP contribution in [0.5, 0.6) is 11.5 Å². The summed E-state index contributed by atoms with van der Waals surface area (Å²) in [4.78, 5) is 24.9. The molecule has 0 aliphatic heterocycles. The summed E-state index contributed by atoms with van der Waals surface area (Å²) in [6.45, 7) is 6.38. The van der Waals surface area contributed by atoms with Gasteiger partial charge in [0.2, 0.25) is 0 Å². The lowest BCUT2D eigenvalue weighted by molar-refractivity contribution is 0.0954. The smallest absolute Gasteiger partial charge is 0.271 e. The number of hydrogen-bond acceptors (Lipinski definition) is 5. The first-order valence-corrected chi connectivity index (χ1v) is 10.8. The van der Waals surface area contributed by atoms with Crippen LogP contribution in [-0.2, 0) is 5.41 Å². The van der Waals surface area contributed by atoms with E-state index >= 15 is 0 Å². The largest absolute Gasteiger partial charge is 0.497 e. The maximum atomic E-state index is 12.5. The lowest BCUT2D eigenvalue weighted by atomic mass is 9.87. The summed E-state index contributed by atoms with van der Waals surface area (Å²) in [5, 5.41) is 6.85. The van der Waals surface area contributed by atoms with Gasteiger partial charge in [-0.3, -0.25) is 9.59 Å². The van der Waals surface area contributed by atoms with E-state index in [9.17, 15) is 9.59 Å². The number of benzene rings is 3. The molecule has 0 aliphatic rings. The summed E-state index contributed by atoms with van der Waals surface area (Å²) >= 11 is 0. The second-order valence-corrected chi connectivity index (χ2v) is 8.67. The van der Waals surface area contributed by atoms with Gasteiger partial charge in [-0.2, -0.15) is 5.10 Å². The van der Waals surface area contributed by atoms with Gasteiger partial charge >= 0.3 is 0 Å². The molecule has 0 saturated heterocycles. The van der Waals surface area contributed by atoms with Crippen molar-refractivity contribution in [3.05, 3.63) is 89.0 Å². The van der Waals surface area contributed by atoms with Crippen LogP contribution in [0.4, 0.5) is 5.69 Å². The first kappa shape index (κ1) is 24.5. The number of hydrazone groups is 1. The predicted octanol–water partition coefficient (Wildman–Crippen LogP) is 5.02. The monoisotopic (exact) mass is 459 g/mol. The van der Waals surface area contributed by atoms with Crippen LogP contribution >= 0.6 is 0 Å². The van der Waals surface area contributed by atoms with Gasteiger partial charge in [0, 0.05) is 28.4 Å². The predicted molar refractivity (Wildman–Crippen MR) is 134 cm³/mol. The molecule has 3 rings (SSSR count). The number of carbonyl (C=O) groups is 2. The van der Waals surface area contributed by atoms with E-state index in [0.717, 1.165) is 5.56 Å². The molecular formula is C27H29N3O4. The lowest BCUT2D eigenvalue weighted by Crippen LogP contribution is -2.18. The van der Waals surface area contributed by atoms with E-state index in [1.807, 2.05) is 24.3 Å². The van der Waals surface area contributed by atoms with Crippen LogP contribution in [0.15, 0.2) is 71.8 Å². The molecule has 3 aromatic carbocycles. The van der Waals surface area contributed by atoms with Crippen molar-refractivity contribution in [1.82, 2.24) is 5.43 Å². The Morgan fingerprint density at radius 1 is 0.824 bits per heavy atom. The normalized spacial score (nSPS) is 11.2. The summed E-state index contributed by atoms with van der Waals surface area (Å²) in [6.07, 6.45) is 1.50. The Kier molecular flexibility index (Phi) is 7.68. The molecule has 0 heterocycles. The minimum Gasteiger partial charge on any atom is -0.497 e. The zero-order chi connectivity index (χ0) is 24.7. The van der Waals surface area contributed by atoms with Crippen LogP contribution in [0.3, 0.4) is 0 Å². The van der Waals surface area contributed by atoms with Crippen molar-refractivity contribution >= 4 is 23.7 Å². The average molecular weight is 460 g/mol. The third kappa shape index (κ3) is 6.22. The van der Waals surface area contributed by atoms with Crippen LogP contribution in [0.1, 0.15) is 52.6 Å². The van der Waals surface area contributed by atoms with Crippen molar-refractivity contribution < 1.29 is 19.1 Å². The summed E-state index contributed by atoms with van der Waals surface area (Å²) in [5.41, 5.74) is 5.93. The van der Waals surface area contributed by atoms with E-state index in [0.29, 0.717) is 33.9 Å². The summed E-state index contributed by atoms with van der Waals surface area (Å²) in [7, 11) is 3.12. The van der Waals surface area contributed by atoms with Gasteiger partial charge in [0.25, 0.3) is 11.8 Å². The molecule has 0 unspecified atom stereocenters. The third-order valence-corrected chi connectivity index (χ3v) is 5.23. The molecule has 3 aromatic rings. The van der Waals surface area contributed by atoms with E-state index < -0.39 is 0 Å². The number of amides is 2. The zero-order valence-electron chi connectivity index (χ0n) is 20.0. The van der Waals surface area contributed by atoms with Gasteiger partial charge in [-0.15, -0.1) is 0 Å². The number of ether oxygens (including phenoxy) is 2. The van der Waals surface area contributed by atoms with E-state index in [-0.39, 0.29) is 17.2 Å². The Morgan fingerprint density at radius 2 is 1.44 bits per heavy atom. The Balaban J connectivity index is 1.59. The minimum atomic E-state index is -0.376. The number of nitrogens with zero attached hydrogens (tertiary/aromatic N) is 1. The molecule has 0 saturated carbocycles.